The summed E-state index contributed by atoms with van der Waals surface area (Å²) in [5.41, 5.74) is 3.56. The van der Waals surface area contributed by atoms with Crippen molar-refractivity contribution in [1.82, 2.24) is 14.3 Å². The smallest absolute Gasteiger partial charge is 0.227 e. The summed E-state index contributed by atoms with van der Waals surface area (Å²) >= 11 is 1.46. The third kappa shape index (κ3) is 5.21. The Labute approximate surface area is 176 Å². The van der Waals surface area contributed by atoms with Gasteiger partial charge in [-0.25, -0.2) is 4.98 Å². The first kappa shape index (κ1) is 19.6. The first-order valence-corrected chi connectivity index (χ1v) is 10.9. The van der Waals surface area contributed by atoms with Crippen LogP contribution in [0.5, 0.6) is 0 Å². The summed E-state index contributed by atoms with van der Waals surface area (Å²) in [4.78, 5) is 21.7. The van der Waals surface area contributed by atoms with Gasteiger partial charge in [0, 0.05) is 44.1 Å². The van der Waals surface area contributed by atoms with Crippen molar-refractivity contribution in [1.29, 1.82) is 0 Å². The highest BCUT2D eigenvalue weighted by Crippen LogP contribution is 2.21. The molecule has 0 atom stereocenters. The molecule has 0 bridgehead atoms. The first-order valence-electron chi connectivity index (χ1n) is 10.1. The van der Waals surface area contributed by atoms with Crippen LogP contribution in [0.4, 0.5) is 5.13 Å². The fourth-order valence-electron chi connectivity index (χ4n) is 3.57. The summed E-state index contributed by atoms with van der Waals surface area (Å²) in [6.07, 6.45) is 2.18. The Hall–Kier alpha value is -2.73. The van der Waals surface area contributed by atoms with E-state index in [0.29, 0.717) is 6.42 Å². The van der Waals surface area contributed by atoms with Crippen LogP contribution in [0.3, 0.4) is 0 Å². The maximum absolute atomic E-state index is 12.7. The number of nitrogens with zero attached hydrogens (tertiary/aromatic N) is 4. The molecule has 1 saturated heterocycles. The van der Waals surface area contributed by atoms with Gasteiger partial charge in [0.05, 0.1) is 6.42 Å². The molecule has 0 saturated carbocycles. The third-order valence-electron chi connectivity index (χ3n) is 5.26. The summed E-state index contributed by atoms with van der Waals surface area (Å²) in [7, 11) is 0. The molecule has 0 aliphatic carbocycles. The fourth-order valence-corrected chi connectivity index (χ4v) is 4.31. The van der Waals surface area contributed by atoms with E-state index in [1.165, 1.54) is 22.7 Å². The van der Waals surface area contributed by atoms with Crippen LogP contribution in [0.1, 0.15) is 28.9 Å². The number of carbonyl (C=O) groups excluding carboxylic acids is 1. The summed E-state index contributed by atoms with van der Waals surface area (Å²) < 4.78 is 4.56. The van der Waals surface area contributed by atoms with E-state index in [0.717, 1.165) is 55.5 Å². The number of amides is 1. The number of hydrogen-bond donors (Lipinski definition) is 0. The molecule has 4 rings (SSSR count). The molecule has 5 nitrogen and oxygen atoms in total. The Morgan fingerprint density at radius 3 is 2.55 bits per heavy atom. The molecule has 3 aromatic rings. The predicted molar refractivity (Wildman–Crippen MR) is 117 cm³/mol. The normalized spacial score (nSPS) is 14.7. The minimum atomic E-state index is 0.204. The van der Waals surface area contributed by atoms with E-state index in [4.69, 9.17) is 4.98 Å². The second-order valence-electron chi connectivity index (χ2n) is 7.54. The van der Waals surface area contributed by atoms with E-state index in [9.17, 15) is 4.79 Å². The molecule has 150 valence electrons. The van der Waals surface area contributed by atoms with Crippen molar-refractivity contribution in [3.63, 3.8) is 0 Å². The summed E-state index contributed by atoms with van der Waals surface area (Å²) in [5, 5.41) is 0.962. The van der Waals surface area contributed by atoms with Gasteiger partial charge in [0.15, 0.2) is 0 Å². The zero-order chi connectivity index (χ0) is 20.1. The monoisotopic (exact) mass is 406 g/mol. The van der Waals surface area contributed by atoms with Gasteiger partial charge in [0.2, 0.25) is 11.0 Å². The Morgan fingerprint density at radius 1 is 0.966 bits per heavy atom. The van der Waals surface area contributed by atoms with Gasteiger partial charge in [-0.15, -0.1) is 0 Å². The molecule has 2 aromatic carbocycles. The van der Waals surface area contributed by atoms with E-state index in [1.54, 1.807) is 0 Å². The fraction of sp³-hybridized carbons (Fsp3) is 0.348. The lowest BCUT2D eigenvalue weighted by molar-refractivity contribution is -0.130. The number of benzene rings is 2. The molecule has 2 heterocycles. The van der Waals surface area contributed by atoms with E-state index in [1.807, 2.05) is 35.2 Å². The van der Waals surface area contributed by atoms with Crippen molar-refractivity contribution < 1.29 is 4.79 Å². The van der Waals surface area contributed by atoms with Crippen molar-refractivity contribution in [3.05, 3.63) is 77.1 Å². The van der Waals surface area contributed by atoms with Gasteiger partial charge in [-0.2, -0.15) is 4.37 Å². The van der Waals surface area contributed by atoms with Crippen molar-refractivity contribution in [3.8, 4) is 0 Å². The summed E-state index contributed by atoms with van der Waals surface area (Å²) in [6, 6.07) is 18.5. The van der Waals surface area contributed by atoms with Crippen LogP contribution in [0, 0.1) is 6.92 Å². The predicted octanol–water partition coefficient (Wildman–Crippen LogP) is 3.72. The quantitative estimate of drug-likeness (QED) is 0.648. The third-order valence-corrected chi connectivity index (χ3v) is 6.07. The summed E-state index contributed by atoms with van der Waals surface area (Å²) in [6.45, 7) is 5.35. The molecule has 0 radical (unpaired) electrons. The van der Waals surface area contributed by atoms with Crippen LogP contribution in [-0.4, -0.2) is 46.3 Å². The standard InChI is InChI=1S/C23H26N4OS/c1-18-8-10-20(11-9-18)16-21-24-23(29-25-21)27-13-5-12-26(14-15-27)22(28)17-19-6-3-2-4-7-19/h2-4,6-11H,5,12-17H2,1H3. The average Bonchev–Trinajstić information content (AvgIpc) is 3.05. The van der Waals surface area contributed by atoms with Crippen molar-refractivity contribution in [2.75, 3.05) is 31.1 Å². The van der Waals surface area contributed by atoms with E-state index in [2.05, 4.69) is 40.5 Å². The largest absolute Gasteiger partial charge is 0.345 e. The minimum Gasteiger partial charge on any atom is -0.345 e. The zero-order valence-electron chi connectivity index (χ0n) is 16.8. The van der Waals surface area contributed by atoms with Crippen LogP contribution in [0.15, 0.2) is 54.6 Å². The topological polar surface area (TPSA) is 49.3 Å². The van der Waals surface area contributed by atoms with Gasteiger partial charge in [-0.3, -0.25) is 4.79 Å². The van der Waals surface area contributed by atoms with Crippen LogP contribution in [0.2, 0.25) is 0 Å². The molecule has 0 spiro atoms. The van der Waals surface area contributed by atoms with Crippen molar-refractivity contribution >= 4 is 22.6 Å². The lowest BCUT2D eigenvalue weighted by Crippen LogP contribution is -2.36. The maximum Gasteiger partial charge on any atom is 0.227 e. The Balaban J connectivity index is 1.34. The van der Waals surface area contributed by atoms with Gasteiger partial charge >= 0.3 is 0 Å². The van der Waals surface area contributed by atoms with Gasteiger partial charge in [0.25, 0.3) is 0 Å². The van der Waals surface area contributed by atoms with E-state index >= 15 is 0 Å². The second kappa shape index (κ2) is 9.18. The van der Waals surface area contributed by atoms with Crippen molar-refractivity contribution in [2.24, 2.45) is 0 Å². The van der Waals surface area contributed by atoms with Gasteiger partial charge in [0.1, 0.15) is 5.82 Å². The lowest BCUT2D eigenvalue weighted by Gasteiger charge is -2.21. The molecule has 1 aromatic heterocycles. The van der Waals surface area contributed by atoms with Gasteiger partial charge < -0.3 is 9.80 Å². The molecular weight excluding hydrogens is 380 g/mol. The van der Waals surface area contributed by atoms with Gasteiger partial charge in [-0.1, -0.05) is 60.2 Å². The number of carbonyl (C=O) groups is 1. The number of anilines is 1. The molecule has 6 heteroatoms. The first-order chi connectivity index (χ1) is 14.2. The highest BCUT2D eigenvalue weighted by atomic mass is 32.1. The molecule has 1 aliphatic heterocycles. The Morgan fingerprint density at radius 2 is 1.76 bits per heavy atom. The molecule has 1 amide bonds. The zero-order valence-corrected chi connectivity index (χ0v) is 17.6. The molecule has 29 heavy (non-hydrogen) atoms. The SMILES string of the molecule is Cc1ccc(Cc2nsc(N3CCCN(C(=O)Cc4ccccc4)CC3)n2)cc1. The Kier molecular flexibility index (Phi) is 6.20. The Bertz CT molecular complexity index is 939. The highest BCUT2D eigenvalue weighted by molar-refractivity contribution is 7.09. The summed E-state index contributed by atoms with van der Waals surface area (Å²) in [5.74, 6) is 1.07. The maximum atomic E-state index is 12.7. The van der Waals surface area contributed by atoms with Crippen LogP contribution < -0.4 is 4.90 Å². The van der Waals surface area contributed by atoms with E-state index < -0.39 is 0 Å². The number of aryl methyl sites for hydroxylation is 1. The van der Waals surface area contributed by atoms with Crippen LogP contribution >= 0.6 is 11.5 Å². The second-order valence-corrected chi connectivity index (χ2v) is 8.27. The molecular formula is C23H26N4OS. The number of rotatable bonds is 5. The molecule has 0 unspecified atom stereocenters. The molecule has 1 aliphatic rings. The molecule has 1 fully saturated rings. The number of aromatic nitrogens is 2. The molecule has 0 N–H and O–H groups in total. The van der Waals surface area contributed by atoms with Gasteiger partial charge in [-0.05, 0) is 24.5 Å². The highest BCUT2D eigenvalue weighted by Gasteiger charge is 2.21. The van der Waals surface area contributed by atoms with Crippen LogP contribution in [-0.2, 0) is 17.6 Å². The average molecular weight is 407 g/mol. The minimum absolute atomic E-state index is 0.204. The van der Waals surface area contributed by atoms with Crippen LogP contribution in [0.25, 0.3) is 0 Å². The lowest BCUT2D eigenvalue weighted by atomic mass is 10.1. The van der Waals surface area contributed by atoms with Crippen molar-refractivity contribution in [2.45, 2.75) is 26.2 Å². The number of hydrogen-bond acceptors (Lipinski definition) is 5. The van der Waals surface area contributed by atoms with E-state index in [-0.39, 0.29) is 5.91 Å².